The Labute approximate surface area is 171 Å². The molecule has 0 aromatic heterocycles. The van der Waals surface area contributed by atoms with Crippen molar-refractivity contribution < 1.29 is 0 Å². The minimum atomic E-state index is -0.867. The summed E-state index contributed by atoms with van der Waals surface area (Å²) < 4.78 is 0. The molecule has 0 aliphatic rings. The fourth-order valence-electron chi connectivity index (χ4n) is 4.63. The summed E-state index contributed by atoms with van der Waals surface area (Å²) in [4.78, 5) is 0. The summed E-state index contributed by atoms with van der Waals surface area (Å²) in [6.45, 7) is 9.44. The van der Waals surface area contributed by atoms with Gasteiger partial charge in [-0.05, 0) is 0 Å². The van der Waals surface area contributed by atoms with Gasteiger partial charge >= 0.3 is 0 Å². The Morgan fingerprint density at radius 2 is 0.769 bits per heavy atom. The predicted molar refractivity (Wildman–Crippen MR) is 130 cm³/mol. The van der Waals surface area contributed by atoms with Crippen LogP contribution in [0.1, 0.15) is 130 Å². The molecule has 0 heterocycles. The van der Waals surface area contributed by atoms with Gasteiger partial charge in [-0.15, -0.1) is 0 Å². The molecule has 0 aromatic carbocycles. The molecule has 0 atom stereocenters. The average Bonchev–Trinajstić information content (AvgIpc) is 2.65. The van der Waals surface area contributed by atoms with Crippen LogP contribution in [0.2, 0.25) is 24.2 Å². The molecule has 158 valence electrons. The van der Waals surface area contributed by atoms with E-state index in [-0.39, 0.29) is 9.04 Å². The Morgan fingerprint density at radius 1 is 0.423 bits per heavy atom. The maximum atomic E-state index is 2.36. The molecule has 0 saturated heterocycles. The van der Waals surface area contributed by atoms with Crippen molar-refractivity contribution in [3.63, 3.8) is 0 Å². The van der Waals surface area contributed by atoms with Crippen LogP contribution in [0.15, 0.2) is 0 Å². The zero-order valence-corrected chi connectivity index (χ0v) is 21.8. The summed E-state index contributed by atoms with van der Waals surface area (Å²) >= 11 is 0. The van der Waals surface area contributed by atoms with Crippen molar-refractivity contribution >= 4 is 16.6 Å². The fourth-order valence-corrected chi connectivity index (χ4v) is 18.0. The molecule has 0 N–H and O–H groups in total. The topological polar surface area (TPSA) is 0 Å². The lowest BCUT2D eigenvalue weighted by molar-refractivity contribution is 0.669. The van der Waals surface area contributed by atoms with Crippen LogP contribution >= 0.6 is 0 Å². The zero-order chi connectivity index (χ0) is 19.3. The quantitative estimate of drug-likeness (QED) is 0.134. The molecule has 0 amide bonds. The van der Waals surface area contributed by atoms with Crippen LogP contribution < -0.4 is 0 Å². The zero-order valence-electron chi connectivity index (χ0n) is 19.3. The van der Waals surface area contributed by atoms with E-state index >= 15 is 0 Å². The third-order valence-electron chi connectivity index (χ3n) is 6.49. The Kier molecular flexibility index (Phi) is 20.5. The van der Waals surface area contributed by atoms with Gasteiger partial charge in [0, 0.05) is 16.6 Å². The Hall–Kier alpha value is 0.434. The molecule has 0 spiro atoms. The van der Waals surface area contributed by atoms with Gasteiger partial charge in [0.05, 0.1) is 0 Å². The van der Waals surface area contributed by atoms with Crippen LogP contribution in [0.25, 0.3) is 0 Å². The SMILES string of the molecule is CCCCCC[SiH2][Si](CCCCCC)(CCCCCC)CCCCCC. The van der Waals surface area contributed by atoms with Crippen LogP contribution in [-0.4, -0.2) is 16.6 Å². The number of unbranched alkanes of at least 4 members (excludes halogenated alkanes) is 12. The van der Waals surface area contributed by atoms with E-state index in [0.717, 1.165) is 0 Å². The average molecular weight is 399 g/mol. The number of hydrogen-bond acceptors (Lipinski definition) is 0. The van der Waals surface area contributed by atoms with Crippen molar-refractivity contribution in [2.75, 3.05) is 0 Å². The highest BCUT2D eigenvalue weighted by atomic mass is 29.2. The molecule has 0 fully saturated rings. The van der Waals surface area contributed by atoms with Gasteiger partial charge in [0.2, 0.25) is 0 Å². The lowest BCUT2D eigenvalue weighted by Gasteiger charge is -2.33. The standard InChI is InChI=1S/C24H54Si2/c1-5-9-13-17-21-25-26(22-18-14-10-6-2,23-19-15-11-7-3)24-20-16-12-8-4/h5-25H2,1-4H3. The summed E-state index contributed by atoms with van der Waals surface area (Å²) in [5.41, 5.74) is 0. The highest BCUT2D eigenvalue weighted by Gasteiger charge is 2.30. The first-order chi connectivity index (χ1) is 12.7. The first-order valence-corrected chi connectivity index (χ1v) is 18.7. The van der Waals surface area contributed by atoms with Crippen LogP contribution in [0, 0.1) is 0 Å². The van der Waals surface area contributed by atoms with Crippen molar-refractivity contribution in [1.82, 2.24) is 0 Å². The van der Waals surface area contributed by atoms with Crippen molar-refractivity contribution in [3.05, 3.63) is 0 Å². The molecule has 0 bridgehead atoms. The van der Waals surface area contributed by atoms with Crippen molar-refractivity contribution in [3.8, 4) is 0 Å². The van der Waals surface area contributed by atoms with Gasteiger partial charge in [-0.2, -0.15) is 0 Å². The van der Waals surface area contributed by atoms with E-state index in [2.05, 4.69) is 27.7 Å². The summed E-state index contributed by atoms with van der Waals surface area (Å²) in [5.74, 6) is 0. The largest absolute Gasteiger partial charge is 0.0654 e. The normalized spacial score (nSPS) is 12.5. The van der Waals surface area contributed by atoms with Gasteiger partial charge in [-0.3, -0.25) is 0 Å². The summed E-state index contributed by atoms with van der Waals surface area (Å²) in [7, 11) is -0.640. The molecule has 0 aliphatic heterocycles. The summed E-state index contributed by atoms with van der Waals surface area (Å²) in [6.07, 6.45) is 24.0. The highest BCUT2D eigenvalue weighted by Crippen LogP contribution is 2.30. The Bertz CT molecular complexity index is 234. The first-order valence-electron chi connectivity index (χ1n) is 12.7. The van der Waals surface area contributed by atoms with Crippen LogP contribution in [-0.2, 0) is 0 Å². The van der Waals surface area contributed by atoms with E-state index in [1.54, 1.807) is 49.9 Å². The van der Waals surface area contributed by atoms with Gasteiger partial charge in [-0.25, -0.2) is 0 Å². The molecule has 0 radical (unpaired) electrons. The molecule has 0 nitrogen and oxygen atoms in total. The minimum absolute atomic E-state index is 0.227. The smallest absolute Gasteiger partial charge is 0.0401 e. The molecule has 0 rings (SSSR count). The second-order valence-corrected chi connectivity index (χ2v) is 20.8. The number of rotatable bonds is 21. The molecule has 0 aliphatic carbocycles. The molecule has 0 unspecified atom stereocenters. The molecule has 26 heavy (non-hydrogen) atoms. The van der Waals surface area contributed by atoms with Crippen molar-refractivity contribution in [2.45, 2.75) is 155 Å². The molecular weight excluding hydrogens is 344 g/mol. The van der Waals surface area contributed by atoms with E-state index in [0.29, 0.717) is 0 Å². The van der Waals surface area contributed by atoms with Gasteiger partial charge in [0.25, 0.3) is 0 Å². The van der Waals surface area contributed by atoms with Gasteiger partial charge in [-0.1, -0.05) is 155 Å². The molecule has 0 aromatic rings. The Balaban J connectivity index is 4.63. The predicted octanol–water partition coefficient (Wildman–Crippen LogP) is 8.84. The van der Waals surface area contributed by atoms with E-state index in [9.17, 15) is 0 Å². The van der Waals surface area contributed by atoms with Gasteiger partial charge in [0.1, 0.15) is 0 Å². The second-order valence-electron chi connectivity index (χ2n) is 9.10. The Morgan fingerprint density at radius 3 is 1.12 bits per heavy atom. The van der Waals surface area contributed by atoms with E-state index < -0.39 is 7.59 Å². The number of hydrogen-bond donors (Lipinski definition) is 0. The van der Waals surface area contributed by atoms with Crippen molar-refractivity contribution in [1.29, 1.82) is 0 Å². The van der Waals surface area contributed by atoms with Crippen LogP contribution in [0.4, 0.5) is 0 Å². The maximum absolute atomic E-state index is 2.36. The van der Waals surface area contributed by atoms with Gasteiger partial charge in [0.15, 0.2) is 0 Å². The summed E-state index contributed by atoms with van der Waals surface area (Å²) in [6, 6.07) is 6.88. The fraction of sp³-hybridized carbons (Fsp3) is 1.00. The molecule has 0 saturated carbocycles. The third kappa shape index (κ3) is 15.5. The maximum Gasteiger partial charge on any atom is 0.0401 e. The van der Waals surface area contributed by atoms with Crippen LogP contribution in [0.3, 0.4) is 0 Å². The summed E-state index contributed by atoms with van der Waals surface area (Å²) in [5, 5.41) is 0. The first kappa shape index (κ1) is 26.4. The van der Waals surface area contributed by atoms with E-state index in [4.69, 9.17) is 0 Å². The molecular formula is C24H54Si2. The van der Waals surface area contributed by atoms with E-state index in [1.807, 2.05) is 0 Å². The lowest BCUT2D eigenvalue weighted by Crippen LogP contribution is -2.41. The second kappa shape index (κ2) is 20.2. The third-order valence-corrected chi connectivity index (χ3v) is 20.1. The lowest BCUT2D eigenvalue weighted by atomic mass is 10.2. The van der Waals surface area contributed by atoms with E-state index in [1.165, 1.54) is 77.0 Å². The highest BCUT2D eigenvalue weighted by molar-refractivity contribution is 7.24. The minimum Gasteiger partial charge on any atom is -0.0654 e. The molecule has 2 heteroatoms. The van der Waals surface area contributed by atoms with Gasteiger partial charge < -0.3 is 0 Å². The van der Waals surface area contributed by atoms with Crippen LogP contribution in [0.5, 0.6) is 0 Å². The van der Waals surface area contributed by atoms with Crippen molar-refractivity contribution in [2.24, 2.45) is 0 Å². The monoisotopic (exact) mass is 398 g/mol.